The summed E-state index contributed by atoms with van der Waals surface area (Å²) in [6, 6.07) is 2.81. The van der Waals surface area contributed by atoms with Gasteiger partial charge in [-0.2, -0.15) is 5.26 Å². The maximum Gasteiger partial charge on any atom is 0.281 e. The number of nitrogens with two attached hydrogens (primary N) is 1. The highest BCUT2D eigenvalue weighted by Crippen LogP contribution is 2.21. The third-order valence-electron chi connectivity index (χ3n) is 1.81. The molecule has 0 amide bonds. The van der Waals surface area contributed by atoms with E-state index in [-0.39, 0.29) is 29.7 Å². The van der Waals surface area contributed by atoms with E-state index in [1.54, 1.807) is 6.07 Å². The Morgan fingerprint density at radius 3 is 2.73 bits per heavy atom. The van der Waals surface area contributed by atoms with E-state index in [1.807, 2.05) is 0 Å². The largest absolute Gasteiger partial charge is 0.325 e. The van der Waals surface area contributed by atoms with E-state index >= 15 is 0 Å². The van der Waals surface area contributed by atoms with Gasteiger partial charge in [0.25, 0.3) is 6.43 Å². The average molecular weight is 211 g/mol. The van der Waals surface area contributed by atoms with Gasteiger partial charge in [0.1, 0.15) is 11.8 Å². The van der Waals surface area contributed by atoms with E-state index in [0.717, 1.165) is 6.07 Å². The van der Waals surface area contributed by atoms with Gasteiger partial charge in [-0.3, -0.25) is 4.79 Å². The topological polar surface area (TPSA) is 79.8 Å². The summed E-state index contributed by atoms with van der Waals surface area (Å²) in [6.07, 6.45) is -2.61. The van der Waals surface area contributed by atoms with E-state index in [4.69, 9.17) is 11.0 Å². The second-order valence-corrected chi connectivity index (χ2v) is 2.69. The van der Waals surface area contributed by atoms with Crippen molar-refractivity contribution in [2.24, 2.45) is 5.73 Å². The minimum Gasteiger partial charge on any atom is -0.325 e. The predicted octanol–water partition coefficient (Wildman–Crippen LogP) is 1.16. The molecule has 1 heterocycles. The van der Waals surface area contributed by atoms with Gasteiger partial charge in [-0.05, 0) is 6.07 Å². The molecule has 1 aromatic heterocycles. The number of carbonyl (C=O) groups is 1. The number of alkyl halides is 2. The third-order valence-corrected chi connectivity index (χ3v) is 1.81. The smallest absolute Gasteiger partial charge is 0.281 e. The van der Waals surface area contributed by atoms with Crippen LogP contribution in [0.4, 0.5) is 8.78 Å². The molecule has 15 heavy (non-hydrogen) atoms. The molecule has 0 aliphatic rings. The third kappa shape index (κ3) is 2.14. The molecule has 2 N–H and O–H groups in total. The maximum absolute atomic E-state index is 12.4. The normalized spacial score (nSPS) is 10.1. The van der Waals surface area contributed by atoms with Crippen molar-refractivity contribution in [3.63, 3.8) is 0 Å². The van der Waals surface area contributed by atoms with E-state index in [0.29, 0.717) is 0 Å². The Balaban J connectivity index is 3.42. The quantitative estimate of drug-likeness (QED) is 0.761. The van der Waals surface area contributed by atoms with Crippen molar-refractivity contribution in [3.05, 3.63) is 28.6 Å². The Labute approximate surface area is 84.3 Å². The van der Waals surface area contributed by atoms with E-state index in [9.17, 15) is 13.6 Å². The molecule has 0 fully saturated rings. The molecular weight excluding hydrogens is 204 g/mol. The van der Waals surface area contributed by atoms with E-state index in [2.05, 4.69) is 4.98 Å². The molecular formula is C9H7F2N3O. The molecule has 0 saturated carbocycles. The first-order valence-electron chi connectivity index (χ1n) is 4.01. The van der Waals surface area contributed by atoms with Crippen LogP contribution in [0, 0.1) is 11.3 Å². The number of aldehydes is 1. The summed E-state index contributed by atoms with van der Waals surface area (Å²) in [4.78, 5) is 14.0. The van der Waals surface area contributed by atoms with E-state index in [1.165, 1.54) is 0 Å². The zero-order valence-corrected chi connectivity index (χ0v) is 7.58. The lowest BCUT2D eigenvalue weighted by Gasteiger charge is -2.06. The molecule has 1 aromatic rings. The van der Waals surface area contributed by atoms with Gasteiger partial charge >= 0.3 is 0 Å². The standard InChI is InChI=1S/C9H7F2N3O/c10-9(11)8-6(4-15)1-5(2-12)7(3-13)14-8/h1,4,9H,3,13H2. The zero-order valence-electron chi connectivity index (χ0n) is 7.58. The van der Waals surface area contributed by atoms with Gasteiger partial charge in [0, 0.05) is 12.1 Å². The highest BCUT2D eigenvalue weighted by atomic mass is 19.3. The number of nitriles is 1. The minimum atomic E-state index is -2.86. The van der Waals surface area contributed by atoms with E-state index < -0.39 is 12.1 Å². The summed E-state index contributed by atoms with van der Waals surface area (Å²) in [6.45, 7) is -0.123. The molecule has 0 atom stereocenters. The molecule has 4 nitrogen and oxygen atoms in total. The lowest BCUT2D eigenvalue weighted by molar-refractivity contribution is 0.110. The molecule has 78 valence electrons. The first-order chi connectivity index (χ1) is 7.13. The number of halogens is 2. The number of nitrogens with zero attached hydrogens (tertiary/aromatic N) is 2. The average Bonchev–Trinajstić information content (AvgIpc) is 2.26. The van der Waals surface area contributed by atoms with Gasteiger partial charge in [-0.25, -0.2) is 13.8 Å². The molecule has 0 saturated heterocycles. The van der Waals surface area contributed by atoms with Gasteiger partial charge < -0.3 is 5.73 Å². The molecule has 1 rings (SSSR count). The van der Waals surface area contributed by atoms with Crippen LogP contribution in [-0.2, 0) is 6.54 Å². The number of carbonyl (C=O) groups excluding carboxylic acids is 1. The highest BCUT2D eigenvalue weighted by molar-refractivity contribution is 5.77. The van der Waals surface area contributed by atoms with Crippen molar-refractivity contribution in [3.8, 4) is 6.07 Å². The second kappa shape index (κ2) is 4.57. The van der Waals surface area contributed by atoms with Crippen molar-refractivity contribution in [1.82, 2.24) is 4.98 Å². The van der Waals surface area contributed by atoms with Crippen LogP contribution < -0.4 is 5.73 Å². The zero-order chi connectivity index (χ0) is 11.4. The lowest BCUT2D eigenvalue weighted by Crippen LogP contribution is -2.08. The molecule has 0 aromatic carbocycles. The lowest BCUT2D eigenvalue weighted by atomic mass is 10.1. The number of hydrogen-bond donors (Lipinski definition) is 1. The van der Waals surface area contributed by atoms with Gasteiger partial charge in [0.15, 0.2) is 6.29 Å². The minimum absolute atomic E-state index is 0.0454. The van der Waals surface area contributed by atoms with Crippen LogP contribution in [0.1, 0.15) is 33.7 Å². The number of aromatic nitrogens is 1. The van der Waals surface area contributed by atoms with Gasteiger partial charge in [0.05, 0.1) is 11.3 Å². The number of rotatable bonds is 3. The van der Waals surface area contributed by atoms with Gasteiger partial charge in [-0.15, -0.1) is 0 Å². The summed E-state index contributed by atoms with van der Waals surface area (Å²) in [5.41, 5.74) is 4.44. The summed E-state index contributed by atoms with van der Waals surface area (Å²) >= 11 is 0. The summed E-state index contributed by atoms with van der Waals surface area (Å²) in [5.74, 6) is 0. The van der Waals surface area contributed by atoms with Crippen LogP contribution in [0.3, 0.4) is 0 Å². The van der Waals surface area contributed by atoms with Crippen molar-refractivity contribution < 1.29 is 13.6 Å². The fraction of sp³-hybridized carbons (Fsp3) is 0.222. The SMILES string of the molecule is N#Cc1cc(C=O)c(C(F)F)nc1CN. The molecule has 0 aliphatic carbocycles. The Kier molecular flexibility index (Phi) is 3.42. The van der Waals surface area contributed by atoms with Crippen LogP contribution in [0.2, 0.25) is 0 Å². The predicted molar refractivity (Wildman–Crippen MR) is 47.2 cm³/mol. The maximum atomic E-state index is 12.4. The monoisotopic (exact) mass is 211 g/mol. The molecule has 6 heteroatoms. The summed E-state index contributed by atoms with van der Waals surface area (Å²) < 4.78 is 24.8. The van der Waals surface area contributed by atoms with Crippen LogP contribution in [-0.4, -0.2) is 11.3 Å². The molecule has 0 spiro atoms. The van der Waals surface area contributed by atoms with Gasteiger partial charge in [0.2, 0.25) is 0 Å². The Morgan fingerprint density at radius 2 is 2.33 bits per heavy atom. The van der Waals surface area contributed by atoms with Crippen LogP contribution in [0.15, 0.2) is 6.07 Å². The number of hydrogen-bond acceptors (Lipinski definition) is 4. The van der Waals surface area contributed by atoms with Crippen molar-refractivity contribution in [2.45, 2.75) is 13.0 Å². The molecule has 0 radical (unpaired) electrons. The van der Waals surface area contributed by atoms with Crippen LogP contribution >= 0.6 is 0 Å². The molecule has 0 aliphatic heterocycles. The van der Waals surface area contributed by atoms with Crippen molar-refractivity contribution >= 4 is 6.29 Å². The second-order valence-electron chi connectivity index (χ2n) is 2.69. The fourth-order valence-electron chi connectivity index (χ4n) is 1.10. The van der Waals surface area contributed by atoms with Crippen LogP contribution in [0.5, 0.6) is 0 Å². The first-order valence-corrected chi connectivity index (χ1v) is 4.01. The summed E-state index contributed by atoms with van der Waals surface area (Å²) in [7, 11) is 0. The summed E-state index contributed by atoms with van der Waals surface area (Å²) in [5, 5.41) is 8.65. The molecule has 0 bridgehead atoms. The molecule has 0 unspecified atom stereocenters. The van der Waals surface area contributed by atoms with Gasteiger partial charge in [-0.1, -0.05) is 0 Å². The van der Waals surface area contributed by atoms with Crippen molar-refractivity contribution in [2.75, 3.05) is 0 Å². The highest BCUT2D eigenvalue weighted by Gasteiger charge is 2.17. The fourth-order valence-corrected chi connectivity index (χ4v) is 1.10. The van der Waals surface area contributed by atoms with Crippen molar-refractivity contribution in [1.29, 1.82) is 5.26 Å². The Hall–Kier alpha value is -1.87. The first kappa shape index (κ1) is 11.2. The Bertz CT molecular complexity index is 426. The van der Waals surface area contributed by atoms with Crippen LogP contribution in [0.25, 0.3) is 0 Å². The Morgan fingerprint density at radius 1 is 1.67 bits per heavy atom. The number of pyridine rings is 1.